The maximum absolute atomic E-state index is 13.2. The standard InChI is InChI=1S/C16H16F2N6O2S/c1-23(9-16-20-10-21-24(16)2)15-6-4-12(8-19-15)27(25,26)22-11-3-5-13(17)14(18)7-11/h3-8,10,22H,9H2,1-2H3. The first-order valence-electron chi connectivity index (χ1n) is 7.74. The molecule has 11 heteroatoms. The van der Waals surface area contributed by atoms with Crippen LogP contribution in [-0.2, 0) is 23.6 Å². The maximum Gasteiger partial charge on any atom is 0.263 e. The van der Waals surface area contributed by atoms with Crippen LogP contribution in [0.5, 0.6) is 0 Å². The highest BCUT2D eigenvalue weighted by Gasteiger charge is 2.17. The molecule has 0 spiro atoms. The van der Waals surface area contributed by atoms with Crippen molar-refractivity contribution in [3.8, 4) is 0 Å². The molecule has 0 unspecified atom stereocenters. The predicted molar refractivity (Wildman–Crippen MR) is 94.5 cm³/mol. The molecule has 142 valence electrons. The molecular formula is C16H16F2N6O2S. The van der Waals surface area contributed by atoms with Gasteiger partial charge in [-0.15, -0.1) is 0 Å². The summed E-state index contributed by atoms with van der Waals surface area (Å²) >= 11 is 0. The van der Waals surface area contributed by atoms with Crippen LogP contribution in [0.25, 0.3) is 0 Å². The number of nitrogens with one attached hydrogen (secondary N) is 1. The topological polar surface area (TPSA) is 93.0 Å². The van der Waals surface area contributed by atoms with Crippen LogP contribution < -0.4 is 9.62 Å². The molecule has 27 heavy (non-hydrogen) atoms. The predicted octanol–water partition coefficient (Wildman–Crippen LogP) is 1.93. The minimum Gasteiger partial charge on any atom is -0.352 e. The van der Waals surface area contributed by atoms with E-state index in [0.717, 1.165) is 24.0 Å². The molecule has 2 aromatic heterocycles. The lowest BCUT2D eigenvalue weighted by Crippen LogP contribution is -2.21. The lowest BCUT2D eigenvalue weighted by Gasteiger charge is -2.17. The first-order chi connectivity index (χ1) is 12.8. The van der Waals surface area contributed by atoms with E-state index in [1.807, 2.05) is 0 Å². The summed E-state index contributed by atoms with van der Waals surface area (Å²) in [5, 5.41) is 3.98. The van der Waals surface area contributed by atoms with Crippen molar-refractivity contribution in [1.29, 1.82) is 0 Å². The Balaban J connectivity index is 1.75. The normalized spacial score (nSPS) is 11.4. The van der Waals surface area contributed by atoms with E-state index >= 15 is 0 Å². The van der Waals surface area contributed by atoms with Crippen molar-refractivity contribution in [1.82, 2.24) is 19.7 Å². The molecule has 0 fully saturated rings. The minimum atomic E-state index is -3.99. The van der Waals surface area contributed by atoms with Crippen molar-refractivity contribution in [3.63, 3.8) is 0 Å². The van der Waals surface area contributed by atoms with Gasteiger partial charge in [0.2, 0.25) is 0 Å². The van der Waals surface area contributed by atoms with Crippen molar-refractivity contribution < 1.29 is 17.2 Å². The Morgan fingerprint density at radius 1 is 1.15 bits per heavy atom. The molecule has 0 radical (unpaired) electrons. The Morgan fingerprint density at radius 2 is 1.93 bits per heavy atom. The van der Waals surface area contributed by atoms with Gasteiger partial charge in [-0.25, -0.2) is 27.2 Å². The van der Waals surface area contributed by atoms with Gasteiger partial charge in [-0.05, 0) is 24.3 Å². The molecule has 0 amide bonds. The Labute approximate surface area is 154 Å². The Kier molecular flexibility index (Phi) is 5.04. The molecular weight excluding hydrogens is 378 g/mol. The molecule has 0 saturated carbocycles. The highest BCUT2D eigenvalue weighted by atomic mass is 32.2. The second kappa shape index (κ2) is 7.27. The second-order valence-electron chi connectivity index (χ2n) is 5.74. The number of benzene rings is 1. The molecule has 3 rings (SSSR count). The summed E-state index contributed by atoms with van der Waals surface area (Å²) in [6.07, 6.45) is 2.63. The summed E-state index contributed by atoms with van der Waals surface area (Å²) in [4.78, 5) is 9.93. The summed E-state index contributed by atoms with van der Waals surface area (Å²) < 4.78 is 54.8. The Hall–Kier alpha value is -3.08. The van der Waals surface area contributed by atoms with Crippen LogP contribution in [0.15, 0.2) is 47.8 Å². The van der Waals surface area contributed by atoms with E-state index in [1.165, 1.54) is 24.7 Å². The average molecular weight is 394 g/mol. The summed E-state index contributed by atoms with van der Waals surface area (Å²) in [6, 6.07) is 5.65. The fourth-order valence-corrected chi connectivity index (χ4v) is 3.28. The molecule has 8 nitrogen and oxygen atoms in total. The van der Waals surface area contributed by atoms with Crippen molar-refractivity contribution in [2.45, 2.75) is 11.4 Å². The SMILES string of the molecule is CN(Cc1ncnn1C)c1ccc(S(=O)(=O)Nc2ccc(F)c(F)c2)cn1. The van der Waals surface area contributed by atoms with E-state index in [1.54, 1.807) is 23.7 Å². The number of nitrogens with zero attached hydrogens (tertiary/aromatic N) is 5. The van der Waals surface area contributed by atoms with Gasteiger partial charge in [0.05, 0.1) is 12.2 Å². The van der Waals surface area contributed by atoms with E-state index in [4.69, 9.17) is 0 Å². The van der Waals surface area contributed by atoms with Crippen molar-refractivity contribution in [3.05, 3.63) is 60.3 Å². The number of anilines is 2. The molecule has 0 aliphatic heterocycles. The molecule has 2 heterocycles. The van der Waals surface area contributed by atoms with Gasteiger partial charge < -0.3 is 4.90 Å². The fourth-order valence-electron chi connectivity index (χ4n) is 2.29. The van der Waals surface area contributed by atoms with Crippen molar-refractivity contribution in [2.24, 2.45) is 7.05 Å². The van der Waals surface area contributed by atoms with Crippen molar-refractivity contribution in [2.75, 3.05) is 16.7 Å². The summed E-state index contributed by atoms with van der Waals surface area (Å²) in [5.74, 6) is -0.954. The average Bonchev–Trinajstić information content (AvgIpc) is 3.03. The molecule has 0 bridgehead atoms. The van der Waals surface area contributed by atoms with Gasteiger partial charge in [0.25, 0.3) is 10.0 Å². The summed E-state index contributed by atoms with van der Waals surface area (Å²) in [5.41, 5.74) is -0.0858. The largest absolute Gasteiger partial charge is 0.352 e. The maximum atomic E-state index is 13.2. The van der Waals surface area contributed by atoms with E-state index in [9.17, 15) is 17.2 Å². The molecule has 3 aromatic rings. The van der Waals surface area contributed by atoms with Gasteiger partial charge in [-0.3, -0.25) is 9.40 Å². The van der Waals surface area contributed by atoms with Gasteiger partial charge in [0.15, 0.2) is 11.6 Å². The van der Waals surface area contributed by atoms with E-state index in [0.29, 0.717) is 12.4 Å². The summed E-state index contributed by atoms with van der Waals surface area (Å²) in [6.45, 7) is 0.433. The number of aromatic nitrogens is 4. The third-order valence-electron chi connectivity index (χ3n) is 3.78. The molecule has 0 aliphatic rings. The number of hydrogen-bond acceptors (Lipinski definition) is 6. The lowest BCUT2D eigenvalue weighted by molar-refractivity contribution is 0.509. The zero-order chi connectivity index (χ0) is 19.6. The zero-order valence-electron chi connectivity index (χ0n) is 14.5. The van der Waals surface area contributed by atoms with E-state index in [2.05, 4.69) is 19.8 Å². The monoisotopic (exact) mass is 394 g/mol. The van der Waals surface area contributed by atoms with Gasteiger partial charge >= 0.3 is 0 Å². The number of hydrogen-bond donors (Lipinski definition) is 1. The van der Waals surface area contributed by atoms with E-state index in [-0.39, 0.29) is 10.6 Å². The third kappa shape index (κ3) is 4.19. The van der Waals surface area contributed by atoms with Gasteiger partial charge in [-0.1, -0.05) is 0 Å². The first-order valence-corrected chi connectivity index (χ1v) is 9.22. The molecule has 1 aromatic carbocycles. The van der Waals surface area contributed by atoms with Crippen LogP contribution in [-0.4, -0.2) is 35.2 Å². The van der Waals surface area contributed by atoms with Crippen LogP contribution in [0.1, 0.15) is 5.82 Å². The molecule has 0 aliphatic carbocycles. The van der Waals surface area contributed by atoms with Crippen molar-refractivity contribution >= 4 is 21.5 Å². The first kappa shape index (κ1) is 18.7. The van der Waals surface area contributed by atoms with Crippen LogP contribution in [0.4, 0.5) is 20.3 Å². The molecule has 1 N–H and O–H groups in total. The zero-order valence-corrected chi connectivity index (χ0v) is 15.3. The van der Waals surface area contributed by atoms with Crippen LogP contribution in [0, 0.1) is 11.6 Å². The smallest absolute Gasteiger partial charge is 0.263 e. The third-order valence-corrected chi connectivity index (χ3v) is 5.14. The van der Waals surface area contributed by atoms with Gasteiger partial charge in [-0.2, -0.15) is 5.10 Å². The van der Waals surface area contributed by atoms with Gasteiger partial charge in [0.1, 0.15) is 22.9 Å². The van der Waals surface area contributed by atoms with Gasteiger partial charge in [0, 0.05) is 26.4 Å². The molecule has 0 atom stereocenters. The lowest BCUT2D eigenvalue weighted by atomic mass is 10.3. The fraction of sp³-hybridized carbons (Fsp3) is 0.188. The number of sulfonamides is 1. The Morgan fingerprint density at radius 3 is 2.52 bits per heavy atom. The van der Waals surface area contributed by atoms with Crippen LogP contribution in [0.3, 0.4) is 0 Å². The minimum absolute atomic E-state index is 0.0858. The van der Waals surface area contributed by atoms with Crippen LogP contribution in [0.2, 0.25) is 0 Å². The Bertz CT molecular complexity index is 1050. The number of aryl methyl sites for hydroxylation is 1. The quantitative estimate of drug-likeness (QED) is 0.687. The number of halogens is 2. The number of pyridine rings is 1. The van der Waals surface area contributed by atoms with E-state index < -0.39 is 21.7 Å². The number of rotatable bonds is 6. The van der Waals surface area contributed by atoms with Crippen LogP contribution >= 0.6 is 0 Å². The highest BCUT2D eigenvalue weighted by molar-refractivity contribution is 7.92. The summed E-state index contributed by atoms with van der Waals surface area (Å²) in [7, 11) is -0.439. The molecule has 0 saturated heterocycles. The second-order valence-corrected chi connectivity index (χ2v) is 7.42. The highest BCUT2D eigenvalue weighted by Crippen LogP contribution is 2.20.